The van der Waals surface area contributed by atoms with E-state index in [0.29, 0.717) is 17.9 Å². The molecule has 2 N–H and O–H groups in total. The van der Waals surface area contributed by atoms with E-state index in [9.17, 15) is 9.59 Å². The average molecular weight is 388 g/mol. The highest BCUT2D eigenvalue weighted by atomic mass is 16.5. The average Bonchev–Trinajstić information content (AvgIpc) is 2.69. The lowest BCUT2D eigenvalue weighted by Crippen LogP contribution is -2.34. The van der Waals surface area contributed by atoms with E-state index in [2.05, 4.69) is 10.6 Å². The first kappa shape index (κ1) is 20.1. The van der Waals surface area contributed by atoms with E-state index < -0.39 is 11.9 Å². The Balaban J connectivity index is 1.55. The van der Waals surface area contributed by atoms with Gasteiger partial charge in [-0.3, -0.25) is 10.1 Å². The maximum Gasteiger partial charge on any atom is 0.326 e. The minimum Gasteiger partial charge on any atom is -0.488 e. The van der Waals surface area contributed by atoms with Gasteiger partial charge in [0.25, 0.3) is 5.91 Å². The van der Waals surface area contributed by atoms with E-state index in [-0.39, 0.29) is 0 Å². The third kappa shape index (κ3) is 5.23. The van der Waals surface area contributed by atoms with Crippen molar-refractivity contribution in [2.75, 3.05) is 5.32 Å². The summed E-state index contributed by atoms with van der Waals surface area (Å²) in [4.78, 5) is 24.3. The van der Waals surface area contributed by atoms with Crippen molar-refractivity contribution in [3.05, 3.63) is 94.5 Å². The van der Waals surface area contributed by atoms with Gasteiger partial charge in [0, 0.05) is 11.3 Å². The summed E-state index contributed by atoms with van der Waals surface area (Å²) < 4.78 is 5.94. The maximum absolute atomic E-state index is 12.2. The summed E-state index contributed by atoms with van der Waals surface area (Å²) in [5.74, 6) is 0.461. The number of nitrogens with one attached hydrogen (secondary N) is 2. The molecule has 0 unspecified atom stereocenters. The lowest BCUT2D eigenvalue weighted by molar-refractivity contribution is 0.0966. The summed E-state index contributed by atoms with van der Waals surface area (Å²) in [5.41, 5.74) is 5.05. The molecule has 0 aliphatic carbocycles. The van der Waals surface area contributed by atoms with Gasteiger partial charge in [0.2, 0.25) is 0 Å². The predicted molar refractivity (Wildman–Crippen MR) is 114 cm³/mol. The quantitative estimate of drug-likeness (QED) is 0.635. The normalized spacial score (nSPS) is 10.3. The smallest absolute Gasteiger partial charge is 0.326 e. The molecule has 0 bridgehead atoms. The number of para-hydroxylation sites is 1. The number of aryl methyl sites for hydroxylation is 3. The molecule has 3 aromatic rings. The number of hydrogen-bond donors (Lipinski definition) is 2. The number of benzene rings is 3. The molecule has 0 radical (unpaired) electrons. The Morgan fingerprint density at radius 3 is 2.07 bits per heavy atom. The van der Waals surface area contributed by atoms with Gasteiger partial charge in [0.15, 0.2) is 0 Å². The first-order chi connectivity index (χ1) is 13.9. The topological polar surface area (TPSA) is 67.4 Å². The van der Waals surface area contributed by atoms with Crippen molar-refractivity contribution >= 4 is 17.6 Å². The number of amides is 3. The molecule has 3 aromatic carbocycles. The van der Waals surface area contributed by atoms with Gasteiger partial charge in [-0.05, 0) is 61.2 Å². The number of rotatable bonds is 5. The zero-order chi connectivity index (χ0) is 20.8. The van der Waals surface area contributed by atoms with Crippen LogP contribution in [-0.4, -0.2) is 11.9 Å². The second kappa shape index (κ2) is 9.06. The Kier molecular flexibility index (Phi) is 6.29. The monoisotopic (exact) mass is 388 g/mol. The van der Waals surface area contributed by atoms with Crippen LogP contribution >= 0.6 is 0 Å². The zero-order valence-electron chi connectivity index (χ0n) is 16.8. The summed E-state index contributed by atoms with van der Waals surface area (Å²) in [5, 5.41) is 5.02. The van der Waals surface area contributed by atoms with Crippen molar-refractivity contribution in [1.29, 1.82) is 0 Å². The third-order valence-electron chi connectivity index (χ3n) is 4.62. The van der Waals surface area contributed by atoms with Gasteiger partial charge in [-0.2, -0.15) is 0 Å². The molecule has 148 valence electrons. The molecule has 0 heterocycles. The molecule has 0 saturated heterocycles. The lowest BCUT2D eigenvalue weighted by Gasteiger charge is -2.12. The van der Waals surface area contributed by atoms with Crippen molar-refractivity contribution in [2.45, 2.75) is 27.4 Å². The van der Waals surface area contributed by atoms with Crippen molar-refractivity contribution in [3.8, 4) is 5.75 Å². The highest BCUT2D eigenvalue weighted by Gasteiger charge is 2.12. The first-order valence-corrected chi connectivity index (χ1v) is 9.40. The van der Waals surface area contributed by atoms with Crippen LogP contribution in [0.25, 0.3) is 0 Å². The number of carbonyl (C=O) groups is 2. The van der Waals surface area contributed by atoms with Crippen LogP contribution in [0.2, 0.25) is 0 Å². The third-order valence-corrected chi connectivity index (χ3v) is 4.62. The number of hydrogen-bond acceptors (Lipinski definition) is 3. The fraction of sp³-hybridized carbons (Fsp3) is 0.167. The van der Waals surface area contributed by atoms with Crippen molar-refractivity contribution in [3.63, 3.8) is 0 Å². The number of imide groups is 1. The Morgan fingerprint density at radius 2 is 1.41 bits per heavy atom. The fourth-order valence-corrected chi connectivity index (χ4v) is 3.03. The van der Waals surface area contributed by atoms with Crippen molar-refractivity contribution in [2.24, 2.45) is 0 Å². The summed E-state index contributed by atoms with van der Waals surface area (Å²) in [6, 6.07) is 19.9. The van der Waals surface area contributed by atoms with Crippen molar-refractivity contribution in [1.82, 2.24) is 5.32 Å². The molecule has 5 heteroatoms. The molecule has 0 atom stereocenters. The molecule has 3 rings (SSSR count). The summed E-state index contributed by atoms with van der Waals surface area (Å²) >= 11 is 0. The Hall–Kier alpha value is -3.60. The second-order valence-corrected chi connectivity index (χ2v) is 6.93. The standard InChI is InChI=1S/C24H24N2O3/c1-16-7-4-5-10-21(16)23(27)26-24(28)25-20-13-11-19(12-14-20)15-29-22-17(2)8-6-9-18(22)3/h4-14H,15H2,1-3H3,(H2,25,26,27,28). The summed E-state index contributed by atoms with van der Waals surface area (Å²) in [7, 11) is 0. The van der Waals surface area contributed by atoms with E-state index in [1.165, 1.54) is 0 Å². The van der Waals surface area contributed by atoms with Crippen LogP contribution in [-0.2, 0) is 6.61 Å². The van der Waals surface area contributed by atoms with Crippen LogP contribution in [0.3, 0.4) is 0 Å². The summed E-state index contributed by atoms with van der Waals surface area (Å²) in [6.07, 6.45) is 0. The zero-order valence-corrected chi connectivity index (χ0v) is 16.8. The first-order valence-electron chi connectivity index (χ1n) is 9.40. The van der Waals surface area contributed by atoms with Crippen LogP contribution in [0.1, 0.15) is 32.6 Å². The van der Waals surface area contributed by atoms with Gasteiger partial charge < -0.3 is 10.1 Å². The van der Waals surface area contributed by atoms with E-state index in [0.717, 1.165) is 28.0 Å². The minimum atomic E-state index is -0.571. The molecule has 0 aromatic heterocycles. The Labute approximate surface area is 170 Å². The van der Waals surface area contributed by atoms with Crippen LogP contribution in [0.4, 0.5) is 10.5 Å². The van der Waals surface area contributed by atoms with Crippen LogP contribution in [0.15, 0.2) is 66.7 Å². The highest BCUT2D eigenvalue weighted by molar-refractivity contribution is 6.08. The van der Waals surface area contributed by atoms with Crippen LogP contribution in [0.5, 0.6) is 5.75 Å². The minimum absolute atomic E-state index is 0.431. The molecule has 0 fully saturated rings. The molecular weight excluding hydrogens is 364 g/mol. The molecule has 29 heavy (non-hydrogen) atoms. The number of carbonyl (C=O) groups excluding carboxylic acids is 2. The molecule has 0 aliphatic rings. The predicted octanol–water partition coefficient (Wildman–Crippen LogP) is 5.15. The number of ether oxygens (including phenoxy) is 1. The Bertz CT molecular complexity index is 1010. The highest BCUT2D eigenvalue weighted by Crippen LogP contribution is 2.23. The summed E-state index contributed by atoms with van der Waals surface area (Å²) in [6.45, 7) is 6.30. The second-order valence-electron chi connectivity index (χ2n) is 6.93. The van der Waals surface area contributed by atoms with Gasteiger partial charge >= 0.3 is 6.03 Å². The largest absolute Gasteiger partial charge is 0.488 e. The van der Waals surface area contributed by atoms with Gasteiger partial charge in [0.05, 0.1) is 0 Å². The molecule has 0 aliphatic heterocycles. The van der Waals surface area contributed by atoms with Crippen LogP contribution in [0, 0.1) is 20.8 Å². The van der Waals surface area contributed by atoms with Crippen LogP contribution < -0.4 is 15.4 Å². The molecular formula is C24H24N2O3. The maximum atomic E-state index is 12.2. The number of anilines is 1. The van der Waals surface area contributed by atoms with E-state index >= 15 is 0 Å². The van der Waals surface area contributed by atoms with Gasteiger partial charge in [-0.25, -0.2) is 4.79 Å². The molecule has 5 nitrogen and oxygen atoms in total. The number of urea groups is 1. The fourth-order valence-electron chi connectivity index (χ4n) is 3.03. The molecule has 0 saturated carbocycles. The SMILES string of the molecule is Cc1ccccc1C(=O)NC(=O)Nc1ccc(COc2c(C)cccc2C)cc1. The van der Waals surface area contributed by atoms with Gasteiger partial charge in [-0.1, -0.05) is 48.5 Å². The van der Waals surface area contributed by atoms with E-state index in [1.807, 2.05) is 63.2 Å². The van der Waals surface area contributed by atoms with Crippen molar-refractivity contribution < 1.29 is 14.3 Å². The van der Waals surface area contributed by atoms with E-state index in [1.54, 1.807) is 24.3 Å². The lowest BCUT2D eigenvalue weighted by atomic mass is 10.1. The molecule has 3 amide bonds. The van der Waals surface area contributed by atoms with E-state index in [4.69, 9.17) is 4.74 Å². The van der Waals surface area contributed by atoms with Gasteiger partial charge in [0.1, 0.15) is 12.4 Å². The Morgan fingerprint density at radius 1 is 0.793 bits per heavy atom. The molecule has 0 spiro atoms. The van der Waals surface area contributed by atoms with Gasteiger partial charge in [-0.15, -0.1) is 0 Å².